The Morgan fingerprint density at radius 1 is 0.917 bits per heavy atom. The molecule has 3 aromatic rings. The number of benzene rings is 3. The molecule has 36 heavy (non-hydrogen) atoms. The first kappa shape index (κ1) is 26.0. The Balaban J connectivity index is 1.73. The summed E-state index contributed by atoms with van der Waals surface area (Å²) in [6.45, 7) is 1.37. The first-order valence-corrected chi connectivity index (χ1v) is 11.6. The Morgan fingerprint density at radius 3 is 2.11 bits per heavy atom. The van der Waals surface area contributed by atoms with Crippen LogP contribution in [-0.4, -0.2) is 11.6 Å². The summed E-state index contributed by atoms with van der Waals surface area (Å²) in [5.74, 6) is -12.4. The van der Waals surface area contributed by atoms with Crippen LogP contribution < -0.4 is 9.75 Å². The fourth-order valence-electron chi connectivity index (χ4n) is 3.35. The monoisotopic (exact) mass is 632 g/mol. The van der Waals surface area contributed by atoms with Gasteiger partial charge in [0.15, 0.2) is 23.3 Å². The van der Waals surface area contributed by atoms with Crippen LogP contribution in [0.5, 0.6) is 5.75 Å². The van der Waals surface area contributed by atoms with E-state index in [0.717, 1.165) is 0 Å². The number of hydrogen-bond donors (Lipinski definition) is 0. The van der Waals surface area contributed by atoms with Gasteiger partial charge in [-0.15, -0.1) is 0 Å². The van der Waals surface area contributed by atoms with Crippen molar-refractivity contribution in [3.05, 3.63) is 96.9 Å². The third kappa shape index (κ3) is 4.79. The molecule has 0 saturated heterocycles. The first-order chi connectivity index (χ1) is 17.0. The number of halogens is 8. The molecule has 1 aliphatic rings. The van der Waals surface area contributed by atoms with E-state index in [1.807, 2.05) is 0 Å². The summed E-state index contributed by atoms with van der Waals surface area (Å²) in [5.41, 5.74) is -0.713. The van der Waals surface area contributed by atoms with E-state index in [4.69, 9.17) is 4.74 Å². The maximum Gasteiger partial charge on any atom is 0.280 e. The smallest absolute Gasteiger partial charge is 0.280 e. The molecule has 1 amide bonds. The van der Waals surface area contributed by atoms with Crippen molar-refractivity contribution in [2.45, 2.75) is 13.5 Å². The fraction of sp³-hybridized carbons (Fsp3) is 0.0833. The molecule has 0 saturated carbocycles. The Labute approximate surface area is 217 Å². The number of anilines is 1. The lowest BCUT2D eigenvalue weighted by Crippen LogP contribution is -2.25. The number of hydrazone groups is 1. The predicted molar refractivity (Wildman–Crippen MR) is 127 cm³/mol. The van der Waals surface area contributed by atoms with Crippen LogP contribution in [0.25, 0.3) is 6.08 Å². The van der Waals surface area contributed by atoms with Crippen LogP contribution in [0.4, 0.5) is 32.0 Å². The predicted octanol–water partition coefficient (Wildman–Crippen LogP) is 7.43. The van der Waals surface area contributed by atoms with E-state index in [9.17, 15) is 31.1 Å². The number of amides is 1. The normalized spacial score (nSPS) is 14.6. The second-order valence-corrected chi connectivity index (χ2v) is 9.27. The molecule has 4 nitrogen and oxygen atoms in total. The van der Waals surface area contributed by atoms with E-state index < -0.39 is 46.5 Å². The van der Waals surface area contributed by atoms with Crippen molar-refractivity contribution in [3.8, 4) is 5.75 Å². The zero-order valence-corrected chi connectivity index (χ0v) is 21.2. The number of rotatable bonds is 5. The van der Waals surface area contributed by atoms with Crippen molar-refractivity contribution in [2.24, 2.45) is 5.10 Å². The Morgan fingerprint density at radius 2 is 1.50 bits per heavy atom. The Hall–Kier alpha value is -3.12. The highest BCUT2D eigenvalue weighted by molar-refractivity contribution is 9.11. The maximum atomic E-state index is 14.3. The van der Waals surface area contributed by atoms with E-state index in [1.54, 1.807) is 12.1 Å². The zero-order chi connectivity index (χ0) is 26.3. The van der Waals surface area contributed by atoms with Crippen LogP contribution in [0, 0.1) is 34.9 Å². The molecule has 0 atom stereocenters. The van der Waals surface area contributed by atoms with Crippen molar-refractivity contribution in [1.82, 2.24) is 0 Å². The molecule has 1 heterocycles. The summed E-state index contributed by atoms with van der Waals surface area (Å²) in [4.78, 5) is 13.0. The van der Waals surface area contributed by atoms with Crippen LogP contribution >= 0.6 is 31.9 Å². The van der Waals surface area contributed by atoms with Gasteiger partial charge in [-0.3, -0.25) is 4.79 Å². The second kappa shape index (κ2) is 10.1. The minimum absolute atomic E-state index is 0.0361. The lowest BCUT2D eigenvalue weighted by atomic mass is 10.1. The third-order valence-corrected chi connectivity index (χ3v) is 6.14. The Bertz CT molecular complexity index is 1430. The molecule has 0 radical (unpaired) electrons. The van der Waals surface area contributed by atoms with Gasteiger partial charge in [-0.2, -0.15) is 10.1 Å². The van der Waals surface area contributed by atoms with Crippen LogP contribution in [0.15, 0.2) is 56.0 Å². The summed E-state index contributed by atoms with van der Waals surface area (Å²) in [7, 11) is 0. The molecule has 12 heteroatoms. The first-order valence-electron chi connectivity index (χ1n) is 9.99. The van der Waals surface area contributed by atoms with Crippen LogP contribution in [0.3, 0.4) is 0 Å². The largest absolute Gasteiger partial charge is 0.487 e. The van der Waals surface area contributed by atoms with Gasteiger partial charge < -0.3 is 4.74 Å². The highest BCUT2D eigenvalue weighted by Crippen LogP contribution is 2.37. The Kier molecular flexibility index (Phi) is 7.28. The quantitative estimate of drug-likeness (QED) is 0.127. The molecule has 0 spiro atoms. The minimum Gasteiger partial charge on any atom is -0.487 e. The molecule has 1 aliphatic heterocycles. The van der Waals surface area contributed by atoms with Gasteiger partial charge in [-0.05, 0) is 58.8 Å². The summed E-state index contributed by atoms with van der Waals surface area (Å²) in [6.07, 6.45) is 1.31. The highest BCUT2D eigenvalue weighted by Gasteiger charge is 2.37. The summed E-state index contributed by atoms with van der Waals surface area (Å²) in [5, 5.41) is 3.85. The second-order valence-electron chi connectivity index (χ2n) is 7.50. The summed E-state index contributed by atoms with van der Waals surface area (Å²) in [6, 6.07) is 8.84. The maximum absolute atomic E-state index is 14.3. The summed E-state index contributed by atoms with van der Waals surface area (Å²) < 4.78 is 89.5. The number of carbonyl (C=O) groups excluding carboxylic acids is 1. The SMILES string of the molecule is CC1=NN(c2c(F)c(F)c(F)c(F)c2F)C(=O)/C1=C\c1cc(Br)cc(Br)c1OCc1ccc(F)cc1. The van der Waals surface area contributed by atoms with Gasteiger partial charge in [0.2, 0.25) is 5.82 Å². The van der Waals surface area contributed by atoms with Crippen LogP contribution in [-0.2, 0) is 11.4 Å². The van der Waals surface area contributed by atoms with Crippen molar-refractivity contribution < 1.29 is 35.9 Å². The lowest BCUT2D eigenvalue weighted by molar-refractivity contribution is -0.114. The van der Waals surface area contributed by atoms with Crippen molar-refractivity contribution in [1.29, 1.82) is 0 Å². The molecule has 0 unspecified atom stereocenters. The van der Waals surface area contributed by atoms with Gasteiger partial charge in [0, 0.05) is 10.0 Å². The molecule has 0 aliphatic carbocycles. The van der Waals surface area contributed by atoms with Gasteiger partial charge in [0.25, 0.3) is 5.91 Å². The molecule has 4 rings (SSSR count). The fourth-order valence-corrected chi connectivity index (χ4v) is 4.72. The standard InChI is InChI=1S/C24H12Br2F6N2O2/c1-10-15(24(35)34(33-10)22-20(31)18(29)17(28)19(30)21(22)32)7-12-6-13(25)8-16(26)23(12)36-9-11-2-4-14(27)5-3-11/h2-8H,9H2,1H3/b15-7-. The van der Waals surface area contributed by atoms with Crippen molar-refractivity contribution >= 4 is 55.2 Å². The zero-order valence-electron chi connectivity index (χ0n) is 18.0. The molecular formula is C24H12Br2F6N2O2. The van der Waals surface area contributed by atoms with Crippen LogP contribution in [0.2, 0.25) is 0 Å². The average Bonchev–Trinajstić information content (AvgIpc) is 3.10. The van der Waals surface area contributed by atoms with E-state index >= 15 is 0 Å². The topological polar surface area (TPSA) is 41.9 Å². The highest BCUT2D eigenvalue weighted by atomic mass is 79.9. The molecule has 0 aromatic heterocycles. The van der Waals surface area contributed by atoms with Crippen molar-refractivity contribution in [2.75, 3.05) is 5.01 Å². The van der Waals surface area contributed by atoms with Gasteiger partial charge in [-0.25, -0.2) is 26.3 Å². The molecule has 186 valence electrons. The average molecular weight is 634 g/mol. The molecule has 0 fully saturated rings. The molecule has 3 aromatic carbocycles. The van der Waals surface area contributed by atoms with Gasteiger partial charge in [-0.1, -0.05) is 28.1 Å². The summed E-state index contributed by atoms with van der Waals surface area (Å²) >= 11 is 6.69. The minimum atomic E-state index is -2.35. The molecular weight excluding hydrogens is 622 g/mol. The van der Waals surface area contributed by atoms with Gasteiger partial charge in [0.1, 0.15) is 23.9 Å². The number of hydrogen-bond acceptors (Lipinski definition) is 3. The van der Waals surface area contributed by atoms with Gasteiger partial charge >= 0.3 is 0 Å². The van der Waals surface area contributed by atoms with Crippen molar-refractivity contribution in [3.63, 3.8) is 0 Å². The lowest BCUT2D eigenvalue weighted by Gasteiger charge is -2.15. The van der Waals surface area contributed by atoms with E-state index in [1.165, 1.54) is 37.3 Å². The van der Waals surface area contributed by atoms with Crippen LogP contribution in [0.1, 0.15) is 18.1 Å². The number of nitrogens with zero attached hydrogens (tertiary/aromatic N) is 2. The van der Waals surface area contributed by atoms with E-state index in [0.29, 0.717) is 20.1 Å². The molecule has 0 N–H and O–H groups in total. The van der Waals surface area contributed by atoms with E-state index in [-0.39, 0.29) is 28.7 Å². The van der Waals surface area contributed by atoms with E-state index in [2.05, 4.69) is 37.0 Å². The molecule has 0 bridgehead atoms. The van der Waals surface area contributed by atoms with Gasteiger partial charge in [0.05, 0.1) is 15.8 Å². The third-order valence-electron chi connectivity index (χ3n) is 5.09. The number of carbonyl (C=O) groups is 1. The number of ether oxygens (including phenoxy) is 1.